The van der Waals surface area contributed by atoms with Gasteiger partial charge in [0.2, 0.25) is 5.82 Å². The molecule has 5 aromatic rings. The maximum absolute atomic E-state index is 13.8. The number of tetrazole rings is 1. The van der Waals surface area contributed by atoms with Gasteiger partial charge in [-0.05, 0) is 53.8 Å². The Balaban J connectivity index is 1.17. The Bertz CT molecular complexity index is 2320. The molecule has 16 heteroatoms. The van der Waals surface area contributed by atoms with Crippen molar-refractivity contribution in [1.29, 1.82) is 0 Å². The van der Waals surface area contributed by atoms with E-state index in [1.54, 1.807) is 38.1 Å². The minimum absolute atomic E-state index is 0.0633. The molecule has 14 nitrogen and oxygen atoms in total. The highest BCUT2D eigenvalue weighted by molar-refractivity contribution is 6.32. The number of unbranched alkanes of at least 4 members (excludes halogenated alkanes) is 1. The van der Waals surface area contributed by atoms with Gasteiger partial charge in [-0.3, -0.25) is 4.79 Å². The molecular weight excluding hydrogens is 783 g/mol. The number of nitrogens with one attached hydrogen (secondary N) is 3. The number of rotatable bonds is 17. The first-order chi connectivity index (χ1) is 28.2. The molecule has 0 bridgehead atoms. The Hall–Kier alpha value is -5.83. The molecule has 3 N–H and O–H groups in total. The highest BCUT2D eigenvalue weighted by Gasteiger charge is 2.39. The quantitative estimate of drug-likeness (QED) is 0.0663. The number of carbonyl (C=O) groups is 3. The number of amides is 1. The second-order valence-electron chi connectivity index (χ2n) is 13.4. The van der Waals surface area contributed by atoms with Crippen LogP contribution in [0.2, 0.25) is 10.2 Å². The summed E-state index contributed by atoms with van der Waals surface area (Å²) in [4.78, 5) is 44.9. The molecule has 0 aliphatic carbocycles. The molecular formula is C42H44Cl2N8O6. The molecule has 0 saturated heterocycles. The van der Waals surface area contributed by atoms with E-state index in [4.69, 9.17) is 37.4 Å². The maximum Gasteiger partial charge on any atom is 0.336 e. The lowest BCUT2D eigenvalue weighted by atomic mass is 9.80. The van der Waals surface area contributed by atoms with Crippen LogP contribution in [0, 0.1) is 0 Å². The van der Waals surface area contributed by atoms with Crippen molar-refractivity contribution in [3.63, 3.8) is 0 Å². The van der Waals surface area contributed by atoms with Crippen LogP contribution in [-0.4, -0.2) is 81.5 Å². The molecule has 0 saturated carbocycles. The number of aromatic nitrogens is 6. The predicted molar refractivity (Wildman–Crippen MR) is 219 cm³/mol. The minimum Gasteiger partial charge on any atom is -0.466 e. The van der Waals surface area contributed by atoms with Crippen molar-refractivity contribution in [2.75, 3.05) is 33.5 Å². The summed E-state index contributed by atoms with van der Waals surface area (Å²) < 4.78 is 18.4. The first-order valence-corrected chi connectivity index (χ1v) is 19.7. The van der Waals surface area contributed by atoms with Crippen LogP contribution in [0.1, 0.15) is 67.0 Å². The molecule has 3 heterocycles. The van der Waals surface area contributed by atoms with E-state index >= 15 is 0 Å². The number of carbonyl (C=O) groups excluding carboxylic acids is 3. The van der Waals surface area contributed by atoms with Crippen molar-refractivity contribution in [3.8, 4) is 22.5 Å². The summed E-state index contributed by atoms with van der Waals surface area (Å²) in [6.07, 6.45) is 2.46. The Morgan fingerprint density at radius 1 is 0.931 bits per heavy atom. The normalized spacial score (nSPS) is 14.0. The molecule has 1 amide bonds. The largest absolute Gasteiger partial charge is 0.466 e. The molecule has 1 aliphatic rings. The van der Waals surface area contributed by atoms with Gasteiger partial charge in [-0.1, -0.05) is 103 Å². The van der Waals surface area contributed by atoms with Gasteiger partial charge in [0, 0.05) is 35.8 Å². The number of hydrogen-bond donors (Lipinski definition) is 3. The van der Waals surface area contributed by atoms with E-state index in [0.717, 1.165) is 35.1 Å². The second kappa shape index (κ2) is 19.5. The highest BCUT2D eigenvalue weighted by atomic mass is 35.5. The first-order valence-electron chi connectivity index (χ1n) is 18.9. The lowest BCUT2D eigenvalue weighted by molar-refractivity contribution is -0.139. The van der Waals surface area contributed by atoms with Crippen LogP contribution in [0.25, 0.3) is 22.5 Å². The molecule has 58 heavy (non-hydrogen) atoms. The monoisotopic (exact) mass is 826 g/mol. The van der Waals surface area contributed by atoms with Crippen molar-refractivity contribution in [2.45, 2.75) is 52.5 Å². The van der Waals surface area contributed by atoms with Crippen molar-refractivity contribution < 1.29 is 28.6 Å². The molecule has 0 spiro atoms. The Morgan fingerprint density at radius 3 is 2.36 bits per heavy atom. The third-order valence-corrected chi connectivity index (χ3v) is 10.2. The number of aryl methyl sites for hydroxylation is 1. The van der Waals surface area contributed by atoms with Crippen LogP contribution in [0.5, 0.6) is 0 Å². The zero-order valence-electron chi connectivity index (χ0n) is 32.6. The molecule has 2 aromatic heterocycles. The van der Waals surface area contributed by atoms with Crippen molar-refractivity contribution in [3.05, 3.63) is 128 Å². The van der Waals surface area contributed by atoms with Crippen LogP contribution in [0.15, 0.2) is 95.3 Å². The summed E-state index contributed by atoms with van der Waals surface area (Å²) in [7, 11) is 1.28. The number of H-pyrrole nitrogens is 1. The van der Waals surface area contributed by atoms with E-state index in [1.807, 2.05) is 53.1 Å². The predicted octanol–water partition coefficient (Wildman–Crippen LogP) is 6.83. The topological polar surface area (TPSA) is 175 Å². The number of dihydropyridines is 1. The first kappa shape index (κ1) is 41.8. The number of esters is 2. The fraction of sp³-hybridized carbons (Fsp3) is 0.310. The molecule has 1 aliphatic heterocycles. The maximum atomic E-state index is 13.8. The van der Waals surface area contributed by atoms with Gasteiger partial charge in [-0.15, -0.1) is 10.2 Å². The fourth-order valence-corrected chi connectivity index (χ4v) is 7.44. The number of aromatic amines is 1. The van der Waals surface area contributed by atoms with E-state index in [2.05, 4.69) is 43.2 Å². The van der Waals surface area contributed by atoms with Gasteiger partial charge < -0.3 is 29.4 Å². The van der Waals surface area contributed by atoms with Crippen molar-refractivity contribution in [1.82, 2.24) is 40.8 Å². The van der Waals surface area contributed by atoms with E-state index in [0.29, 0.717) is 46.6 Å². The van der Waals surface area contributed by atoms with E-state index < -0.39 is 23.8 Å². The molecule has 1 unspecified atom stereocenters. The molecule has 6 rings (SSSR count). The molecule has 0 fully saturated rings. The highest BCUT2D eigenvalue weighted by Crippen LogP contribution is 2.42. The van der Waals surface area contributed by atoms with Gasteiger partial charge in [0.1, 0.15) is 11.5 Å². The third kappa shape index (κ3) is 9.31. The molecule has 0 radical (unpaired) electrons. The summed E-state index contributed by atoms with van der Waals surface area (Å²) in [5, 5.41) is 21.1. The van der Waals surface area contributed by atoms with Crippen LogP contribution in [0.4, 0.5) is 0 Å². The van der Waals surface area contributed by atoms with E-state index in [-0.39, 0.29) is 48.4 Å². The number of imidazole rings is 1. The summed E-state index contributed by atoms with van der Waals surface area (Å²) in [5.74, 6) is -1.32. The summed E-state index contributed by atoms with van der Waals surface area (Å²) in [5.41, 5.74) is 5.77. The standard InChI is InChI=1S/C42H44Cl2N8O6/c1-5-7-16-33-47-38(44)37(52(33)23-26-17-19-27(20-18-26)28-12-8-9-13-29(28)39-48-50-51-49-39)40(53)45-21-22-57-24-32-36(42(55)58-6-2)35(30-14-10-11-15-31(30)43)34(25(3)46-32)41(54)56-4/h8-15,17-20,35,46H,5-7,16,21-24H2,1-4H3,(H,45,53)(H,48,49,50,51). The van der Waals surface area contributed by atoms with Gasteiger partial charge >= 0.3 is 11.9 Å². The Morgan fingerprint density at radius 2 is 1.67 bits per heavy atom. The van der Waals surface area contributed by atoms with E-state index in [1.165, 1.54) is 7.11 Å². The summed E-state index contributed by atoms with van der Waals surface area (Å²) in [6.45, 7) is 6.12. The van der Waals surface area contributed by atoms with Gasteiger partial charge in [0.15, 0.2) is 5.15 Å². The number of benzene rings is 3. The van der Waals surface area contributed by atoms with Crippen LogP contribution in [0.3, 0.4) is 0 Å². The number of methoxy groups -OCH3 is 1. The molecule has 302 valence electrons. The lowest BCUT2D eigenvalue weighted by Gasteiger charge is -2.31. The van der Waals surface area contributed by atoms with Crippen molar-refractivity contribution >= 4 is 41.0 Å². The van der Waals surface area contributed by atoms with Crippen LogP contribution in [-0.2, 0) is 36.8 Å². The summed E-state index contributed by atoms with van der Waals surface area (Å²) in [6, 6.07) is 22.9. The lowest BCUT2D eigenvalue weighted by Crippen LogP contribution is -2.35. The number of allylic oxidation sites excluding steroid dienone is 1. The van der Waals surface area contributed by atoms with Gasteiger partial charge in [0.05, 0.1) is 49.7 Å². The number of ether oxygens (including phenoxy) is 3. The number of hydrogen-bond acceptors (Lipinski definition) is 11. The molecule has 3 aromatic carbocycles. The third-order valence-electron chi connectivity index (χ3n) is 9.63. The van der Waals surface area contributed by atoms with Gasteiger partial charge in [-0.25, -0.2) is 14.6 Å². The van der Waals surface area contributed by atoms with Gasteiger partial charge in [0.25, 0.3) is 5.91 Å². The average molecular weight is 828 g/mol. The molecule has 1 atom stereocenters. The van der Waals surface area contributed by atoms with Crippen molar-refractivity contribution in [2.24, 2.45) is 0 Å². The van der Waals surface area contributed by atoms with Gasteiger partial charge in [-0.2, -0.15) is 5.21 Å². The zero-order valence-corrected chi connectivity index (χ0v) is 34.1. The smallest absolute Gasteiger partial charge is 0.336 e. The summed E-state index contributed by atoms with van der Waals surface area (Å²) >= 11 is 13.3. The second-order valence-corrected chi connectivity index (χ2v) is 14.1. The number of halogens is 2. The van der Waals surface area contributed by atoms with Crippen LogP contribution >= 0.6 is 23.2 Å². The number of nitrogens with zero attached hydrogens (tertiary/aromatic N) is 5. The SMILES string of the molecule is CCCCc1nc(Cl)c(C(=O)NCCOCC2=C(C(=O)OCC)C(c3ccccc3Cl)C(C(=O)OC)=C(C)N2)n1Cc1ccc(-c2ccccc2-c2nn[nH]n2)cc1. The Labute approximate surface area is 346 Å². The average Bonchev–Trinajstić information content (AvgIpc) is 3.88. The fourth-order valence-electron chi connectivity index (χ4n) is 6.91. The Kier molecular flexibility index (Phi) is 14.1. The minimum atomic E-state index is -0.882. The zero-order chi connectivity index (χ0) is 41.2. The van der Waals surface area contributed by atoms with Crippen LogP contribution < -0.4 is 10.6 Å². The van der Waals surface area contributed by atoms with E-state index in [9.17, 15) is 14.4 Å².